The predicted molar refractivity (Wildman–Crippen MR) is 142 cm³/mol. The number of methoxy groups -OCH3 is 1. The maximum absolute atomic E-state index is 13.8. The maximum atomic E-state index is 13.8. The standard InChI is InChI=1S/C27H41N3O5S/c1-16-10-18(12-21(16)26(3,4)5)24(31)20-14-29-17(2)11-22(20)30(8)23-13-19(15-35-36(28,32)33)25(34-9)27(23,6)7/h11-12,14,19,23,25H,10,13,15H2,1-9H3,(H2,28,32,33)/t19?,23-,25-/m1/s1. The highest BCUT2D eigenvalue weighted by Crippen LogP contribution is 2.47. The van der Waals surface area contributed by atoms with E-state index in [9.17, 15) is 13.2 Å². The van der Waals surface area contributed by atoms with Crippen molar-refractivity contribution in [2.45, 2.75) is 73.5 Å². The second-order valence-corrected chi connectivity index (χ2v) is 13.1. The number of carbonyl (C=O) groups is 1. The molecule has 0 spiro atoms. The average molecular weight is 520 g/mol. The number of rotatable bonds is 8. The van der Waals surface area contributed by atoms with Gasteiger partial charge in [-0.1, -0.05) is 46.3 Å². The summed E-state index contributed by atoms with van der Waals surface area (Å²) in [5.41, 5.74) is 4.98. The van der Waals surface area contributed by atoms with Crippen LogP contribution in [0.1, 0.15) is 70.4 Å². The molecule has 200 valence electrons. The second kappa shape index (κ2) is 10.0. The van der Waals surface area contributed by atoms with E-state index >= 15 is 0 Å². The van der Waals surface area contributed by atoms with E-state index in [-0.39, 0.29) is 41.3 Å². The van der Waals surface area contributed by atoms with Crippen LogP contribution < -0.4 is 10.0 Å². The van der Waals surface area contributed by atoms with Gasteiger partial charge in [-0.25, -0.2) is 5.14 Å². The van der Waals surface area contributed by atoms with E-state index in [0.717, 1.165) is 17.0 Å². The van der Waals surface area contributed by atoms with E-state index in [1.807, 2.05) is 26.1 Å². The Kier molecular flexibility index (Phi) is 7.92. The number of nitrogens with zero attached hydrogens (tertiary/aromatic N) is 2. The average Bonchev–Trinajstić information content (AvgIpc) is 3.27. The van der Waals surface area contributed by atoms with Gasteiger partial charge in [0.15, 0.2) is 5.78 Å². The van der Waals surface area contributed by atoms with Crippen molar-refractivity contribution in [1.82, 2.24) is 4.98 Å². The molecule has 1 heterocycles. The number of ether oxygens (including phenoxy) is 1. The summed E-state index contributed by atoms with van der Waals surface area (Å²) in [6.07, 6.45) is 4.71. The number of pyridine rings is 1. The van der Waals surface area contributed by atoms with Gasteiger partial charge in [0.25, 0.3) is 0 Å². The molecule has 1 fully saturated rings. The van der Waals surface area contributed by atoms with Crippen LogP contribution in [0.5, 0.6) is 0 Å². The number of anilines is 1. The molecule has 2 aliphatic carbocycles. The first-order valence-electron chi connectivity index (χ1n) is 12.3. The number of aryl methyl sites for hydroxylation is 1. The van der Waals surface area contributed by atoms with Crippen LogP contribution in [-0.4, -0.2) is 52.1 Å². The molecule has 0 aliphatic heterocycles. The van der Waals surface area contributed by atoms with Crippen molar-refractivity contribution in [3.8, 4) is 0 Å². The lowest BCUT2D eigenvalue weighted by atomic mass is 9.83. The molecule has 0 aromatic carbocycles. The second-order valence-electron chi connectivity index (χ2n) is 11.8. The molecule has 1 aromatic rings. The number of carbonyl (C=O) groups excluding carboxylic acids is 1. The number of aromatic nitrogens is 1. The molecule has 9 heteroatoms. The molecule has 0 saturated heterocycles. The summed E-state index contributed by atoms with van der Waals surface area (Å²) in [4.78, 5) is 20.4. The van der Waals surface area contributed by atoms with E-state index in [1.54, 1.807) is 13.3 Å². The Morgan fingerprint density at radius 1 is 1.28 bits per heavy atom. The monoisotopic (exact) mass is 519 g/mol. The Morgan fingerprint density at radius 2 is 1.92 bits per heavy atom. The van der Waals surface area contributed by atoms with E-state index < -0.39 is 10.3 Å². The van der Waals surface area contributed by atoms with E-state index in [0.29, 0.717) is 18.4 Å². The Hall–Kier alpha value is -2.07. The molecular weight excluding hydrogens is 478 g/mol. The van der Waals surface area contributed by atoms with Gasteiger partial charge in [-0.15, -0.1) is 0 Å². The van der Waals surface area contributed by atoms with Crippen LogP contribution in [0.3, 0.4) is 0 Å². The van der Waals surface area contributed by atoms with E-state index in [1.165, 1.54) is 11.1 Å². The smallest absolute Gasteiger partial charge is 0.333 e. The maximum Gasteiger partial charge on any atom is 0.333 e. The van der Waals surface area contributed by atoms with Crippen molar-refractivity contribution in [2.75, 3.05) is 25.7 Å². The van der Waals surface area contributed by atoms with Gasteiger partial charge in [0, 0.05) is 49.0 Å². The summed E-state index contributed by atoms with van der Waals surface area (Å²) < 4.78 is 33.6. The van der Waals surface area contributed by atoms with Crippen LogP contribution in [-0.2, 0) is 19.2 Å². The van der Waals surface area contributed by atoms with Crippen LogP contribution in [0.25, 0.3) is 0 Å². The quantitative estimate of drug-likeness (QED) is 0.508. The summed E-state index contributed by atoms with van der Waals surface area (Å²) in [7, 11) is -0.459. The lowest BCUT2D eigenvalue weighted by Crippen LogP contribution is -2.45. The fraction of sp³-hybridized carbons (Fsp3) is 0.630. The first-order valence-corrected chi connectivity index (χ1v) is 13.8. The molecule has 36 heavy (non-hydrogen) atoms. The predicted octanol–water partition coefficient (Wildman–Crippen LogP) is 4.35. The fourth-order valence-electron chi connectivity index (χ4n) is 6.09. The molecule has 2 N–H and O–H groups in total. The number of ketones is 1. The van der Waals surface area contributed by atoms with E-state index in [4.69, 9.17) is 14.1 Å². The normalized spacial score (nSPS) is 24.3. The van der Waals surface area contributed by atoms with Crippen molar-refractivity contribution < 1.29 is 22.1 Å². The first-order chi connectivity index (χ1) is 16.5. The third-order valence-corrected chi connectivity index (χ3v) is 8.16. The van der Waals surface area contributed by atoms with Gasteiger partial charge in [0.1, 0.15) is 0 Å². The Balaban J connectivity index is 1.96. The van der Waals surface area contributed by atoms with Gasteiger partial charge in [-0.3, -0.25) is 14.0 Å². The summed E-state index contributed by atoms with van der Waals surface area (Å²) in [5.74, 6) is -0.201. The van der Waals surface area contributed by atoms with Crippen LogP contribution in [0, 0.1) is 23.7 Å². The molecule has 1 unspecified atom stereocenters. The molecule has 8 nitrogen and oxygen atoms in total. The fourth-order valence-corrected chi connectivity index (χ4v) is 6.45. The SMILES string of the molecule is CO[C@@H]1C(COS(N)(=O)=O)C[C@@H](N(C)c2cc(C)ncc2C(=O)C2=CC(C(C)(C)C)=C(C)C2)C1(C)C. The minimum atomic E-state index is -4.06. The Bertz CT molecular complexity index is 1190. The van der Waals surface area contributed by atoms with E-state index in [2.05, 4.69) is 51.4 Å². The third kappa shape index (κ3) is 5.74. The molecular formula is C27H41N3O5S. The molecule has 1 aromatic heterocycles. The zero-order valence-electron chi connectivity index (χ0n) is 23.0. The topological polar surface area (TPSA) is 112 Å². The third-order valence-electron chi connectivity index (χ3n) is 7.69. The number of hydrogen-bond acceptors (Lipinski definition) is 7. The van der Waals surface area contributed by atoms with Gasteiger partial charge in [0.2, 0.25) is 0 Å². The molecule has 0 amide bonds. The number of allylic oxidation sites excluding steroid dienone is 4. The van der Waals surface area contributed by atoms with Crippen LogP contribution in [0.2, 0.25) is 0 Å². The lowest BCUT2D eigenvalue weighted by molar-refractivity contribution is -0.0123. The van der Waals surface area contributed by atoms with Gasteiger partial charge < -0.3 is 9.64 Å². The van der Waals surface area contributed by atoms with Gasteiger partial charge >= 0.3 is 10.3 Å². The number of hydrogen-bond donors (Lipinski definition) is 1. The molecule has 0 bridgehead atoms. The van der Waals surface area contributed by atoms with Crippen molar-refractivity contribution in [3.63, 3.8) is 0 Å². The highest BCUT2D eigenvalue weighted by atomic mass is 32.2. The van der Waals surface area contributed by atoms with Gasteiger partial charge in [0.05, 0.1) is 24.0 Å². The molecule has 0 radical (unpaired) electrons. The zero-order chi connectivity index (χ0) is 27.2. The number of Topliss-reactive ketones (excluding diaryl/α,β-unsaturated/α-hetero) is 1. The van der Waals surface area contributed by atoms with Crippen molar-refractivity contribution >= 4 is 21.8 Å². The largest absolute Gasteiger partial charge is 0.380 e. The van der Waals surface area contributed by atoms with Gasteiger partial charge in [-0.2, -0.15) is 8.42 Å². The molecule has 1 saturated carbocycles. The summed E-state index contributed by atoms with van der Waals surface area (Å²) in [6, 6.07) is 1.90. The Labute approximate surface area is 216 Å². The van der Waals surface area contributed by atoms with Crippen molar-refractivity contribution in [1.29, 1.82) is 0 Å². The summed E-state index contributed by atoms with van der Waals surface area (Å²) in [6.45, 7) is 14.6. The van der Waals surface area contributed by atoms with Gasteiger partial charge in [-0.05, 0) is 43.7 Å². The van der Waals surface area contributed by atoms with Crippen LogP contribution in [0.15, 0.2) is 35.1 Å². The highest BCUT2D eigenvalue weighted by Gasteiger charge is 2.51. The van der Waals surface area contributed by atoms with Crippen LogP contribution in [0.4, 0.5) is 5.69 Å². The highest BCUT2D eigenvalue weighted by molar-refractivity contribution is 7.84. The Morgan fingerprint density at radius 3 is 2.44 bits per heavy atom. The molecule has 3 atom stereocenters. The lowest BCUT2D eigenvalue weighted by Gasteiger charge is -2.39. The molecule has 3 rings (SSSR count). The van der Waals surface area contributed by atoms with Crippen molar-refractivity contribution in [2.24, 2.45) is 21.9 Å². The zero-order valence-corrected chi connectivity index (χ0v) is 23.8. The minimum absolute atomic E-state index is 0.0175. The van der Waals surface area contributed by atoms with Crippen LogP contribution >= 0.6 is 0 Å². The summed E-state index contributed by atoms with van der Waals surface area (Å²) >= 11 is 0. The van der Waals surface area contributed by atoms with Crippen molar-refractivity contribution in [3.05, 3.63) is 46.3 Å². The first kappa shape index (κ1) is 28.5. The summed E-state index contributed by atoms with van der Waals surface area (Å²) in [5, 5.41) is 5.08. The number of nitrogens with two attached hydrogens (primary N) is 1. The molecule has 2 aliphatic rings. The minimum Gasteiger partial charge on any atom is -0.380 e.